The average molecular weight is 195 g/mol. The standard InChI is InChI=1S/C11H21N3/c1-3-4-5-6-7-8-14-10(2)9-11(12)13-14/h9H,3-8H2,1-2H3,(H2,12,13). The molecule has 1 aromatic rings. The lowest BCUT2D eigenvalue weighted by atomic mass is 10.1. The highest BCUT2D eigenvalue weighted by atomic mass is 15.3. The Morgan fingerprint density at radius 1 is 1.29 bits per heavy atom. The summed E-state index contributed by atoms with van der Waals surface area (Å²) in [4.78, 5) is 0. The van der Waals surface area contributed by atoms with Gasteiger partial charge < -0.3 is 5.73 Å². The van der Waals surface area contributed by atoms with E-state index < -0.39 is 0 Å². The van der Waals surface area contributed by atoms with Crippen LogP contribution in [0.2, 0.25) is 0 Å². The smallest absolute Gasteiger partial charge is 0.145 e. The van der Waals surface area contributed by atoms with Crippen molar-refractivity contribution < 1.29 is 0 Å². The van der Waals surface area contributed by atoms with Crippen LogP contribution < -0.4 is 5.73 Å². The summed E-state index contributed by atoms with van der Waals surface area (Å²) in [5.74, 6) is 0.635. The Morgan fingerprint density at radius 2 is 2.00 bits per heavy atom. The lowest BCUT2D eigenvalue weighted by molar-refractivity contribution is 0.526. The van der Waals surface area contributed by atoms with E-state index in [-0.39, 0.29) is 0 Å². The van der Waals surface area contributed by atoms with Crippen LogP contribution in [0.5, 0.6) is 0 Å². The van der Waals surface area contributed by atoms with Crippen LogP contribution >= 0.6 is 0 Å². The van der Waals surface area contributed by atoms with Gasteiger partial charge in [-0.1, -0.05) is 32.6 Å². The molecular formula is C11H21N3. The summed E-state index contributed by atoms with van der Waals surface area (Å²) in [6.07, 6.45) is 6.50. The second-order valence-electron chi connectivity index (χ2n) is 3.85. The van der Waals surface area contributed by atoms with Crippen molar-refractivity contribution in [2.45, 2.75) is 52.5 Å². The number of aromatic nitrogens is 2. The van der Waals surface area contributed by atoms with E-state index in [1.807, 2.05) is 10.7 Å². The first kappa shape index (κ1) is 11.1. The molecule has 0 unspecified atom stereocenters. The van der Waals surface area contributed by atoms with Crippen molar-refractivity contribution in [3.8, 4) is 0 Å². The van der Waals surface area contributed by atoms with Gasteiger partial charge in [0.1, 0.15) is 5.82 Å². The molecular weight excluding hydrogens is 174 g/mol. The van der Waals surface area contributed by atoms with Crippen LogP contribution in [0.25, 0.3) is 0 Å². The average Bonchev–Trinajstić information content (AvgIpc) is 2.45. The predicted molar refractivity (Wildman–Crippen MR) is 60.1 cm³/mol. The highest BCUT2D eigenvalue weighted by Gasteiger charge is 1.99. The lowest BCUT2D eigenvalue weighted by Gasteiger charge is -2.03. The van der Waals surface area contributed by atoms with E-state index in [4.69, 9.17) is 5.73 Å². The first-order chi connectivity index (χ1) is 6.74. The van der Waals surface area contributed by atoms with Gasteiger partial charge in [-0.3, -0.25) is 4.68 Å². The predicted octanol–water partition coefficient (Wildman–Crippen LogP) is 2.74. The summed E-state index contributed by atoms with van der Waals surface area (Å²) in [5.41, 5.74) is 6.76. The third kappa shape index (κ3) is 3.40. The fourth-order valence-electron chi connectivity index (χ4n) is 1.63. The van der Waals surface area contributed by atoms with E-state index in [1.165, 1.54) is 32.1 Å². The van der Waals surface area contributed by atoms with Crippen LogP contribution in [0.15, 0.2) is 6.07 Å². The van der Waals surface area contributed by atoms with Gasteiger partial charge in [0.25, 0.3) is 0 Å². The van der Waals surface area contributed by atoms with Crippen molar-refractivity contribution in [1.82, 2.24) is 9.78 Å². The molecule has 0 fully saturated rings. The van der Waals surface area contributed by atoms with Crippen LogP contribution in [-0.2, 0) is 6.54 Å². The minimum absolute atomic E-state index is 0.635. The second-order valence-corrected chi connectivity index (χ2v) is 3.85. The van der Waals surface area contributed by atoms with E-state index >= 15 is 0 Å². The van der Waals surface area contributed by atoms with Crippen molar-refractivity contribution in [2.24, 2.45) is 0 Å². The van der Waals surface area contributed by atoms with Crippen molar-refractivity contribution in [2.75, 3.05) is 5.73 Å². The zero-order chi connectivity index (χ0) is 10.4. The number of rotatable bonds is 6. The van der Waals surface area contributed by atoms with E-state index in [2.05, 4.69) is 18.9 Å². The van der Waals surface area contributed by atoms with Gasteiger partial charge in [0.05, 0.1) is 0 Å². The third-order valence-corrected chi connectivity index (χ3v) is 2.47. The van der Waals surface area contributed by atoms with Crippen molar-refractivity contribution in [1.29, 1.82) is 0 Å². The minimum atomic E-state index is 0.635. The fourth-order valence-corrected chi connectivity index (χ4v) is 1.63. The molecule has 1 heterocycles. The molecule has 3 nitrogen and oxygen atoms in total. The van der Waals surface area contributed by atoms with Gasteiger partial charge in [-0.2, -0.15) is 5.10 Å². The third-order valence-electron chi connectivity index (χ3n) is 2.47. The molecule has 3 heteroatoms. The van der Waals surface area contributed by atoms with Gasteiger partial charge >= 0.3 is 0 Å². The molecule has 0 spiro atoms. The highest BCUT2D eigenvalue weighted by Crippen LogP contribution is 2.08. The Bertz CT molecular complexity index is 265. The SMILES string of the molecule is CCCCCCCn1nc(N)cc1C. The topological polar surface area (TPSA) is 43.8 Å². The Labute approximate surface area is 86.3 Å². The van der Waals surface area contributed by atoms with Crippen LogP contribution in [0.1, 0.15) is 44.7 Å². The van der Waals surface area contributed by atoms with Gasteiger partial charge in [-0.25, -0.2) is 0 Å². The first-order valence-electron chi connectivity index (χ1n) is 5.54. The Hall–Kier alpha value is -0.990. The number of aryl methyl sites for hydroxylation is 2. The molecule has 0 saturated heterocycles. The van der Waals surface area contributed by atoms with Crippen molar-refractivity contribution in [3.05, 3.63) is 11.8 Å². The first-order valence-corrected chi connectivity index (χ1v) is 5.54. The maximum Gasteiger partial charge on any atom is 0.145 e. The number of hydrogen-bond acceptors (Lipinski definition) is 2. The molecule has 0 aromatic carbocycles. The molecule has 0 radical (unpaired) electrons. The number of anilines is 1. The van der Waals surface area contributed by atoms with Crippen LogP contribution in [-0.4, -0.2) is 9.78 Å². The molecule has 1 aromatic heterocycles. The zero-order valence-electron chi connectivity index (χ0n) is 9.29. The molecule has 2 N–H and O–H groups in total. The maximum atomic E-state index is 5.60. The highest BCUT2D eigenvalue weighted by molar-refractivity contribution is 5.28. The summed E-state index contributed by atoms with van der Waals surface area (Å²) in [5, 5.41) is 4.22. The summed E-state index contributed by atoms with van der Waals surface area (Å²) in [7, 11) is 0. The normalized spacial score (nSPS) is 10.7. The molecule has 80 valence electrons. The summed E-state index contributed by atoms with van der Waals surface area (Å²) in [6, 6.07) is 1.92. The molecule has 14 heavy (non-hydrogen) atoms. The van der Waals surface area contributed by atoms with Crippen LogP contribution in [0.3, 0.4) is 0 Å². The van der Waals surface area contributed by atoms with E-state index in [1.54, 1.807) is 0 Å². The molecule has 0 aliphatic rings. The number of nitrogens with zero attached hydrogens (tertiary/aromatic N) is 2. The largest absolute Gasteiger partial charge is 0.382 e. The number of hydrogen-bond donors (Lipinski definition) is 1. The Kier molecular flexibility index (Phi) is 4.50. The van der Waals surface area contributed by atoms with Gasteiger partial charge in [0.15, 0.2) is 0 Å². The lowest BCUT2D eigenvalue weighted by Crippen LogP contribution is -2.02. The minimum Gasteiger partial charge on any atom is -0.382 e. The molecule has 0 aliphatic carbocycles. The van der Waals surface area contributed by atoms with Gasteiger partial charge in [-0.05, 0) is 13.3 Å². The van der Waals surface area contributed by atoms with Gasteiger partial charge in [-0.15, -0.1) is 0 Å². The number of nitrogens with two attached hydrogens (primary N) is 1. The fraction of sp³-hybridized carbons (Fsp3) is 0.727. The van der Waals surface area contributed by atoms with Crippen molar-refractivity contribution >= 4 is 5.82 Å². The molecule has 0 atom stereocenters. The maximum absolute atomic E-state index is 5.60. The van der Waals surface area contributed by atoms with Gasteiger partial charge in [0, 0.05) is 18.3 Å². The summed E-state index contributed by atoms with van der Waals surface area (Å²) >= 11 is 0. The molecule has 0 saturated carbocycles. The van der Waals surface area contributed by atoms with Gasteiger partial charge in [0.2, 0.25) is 0 Å². The molecule has 0 amide bonds. The van der Waals surface area contributed by atoms with E-state index in [0.29, 0.717) is 5.82 Å². The quantitative estimate of drug-likeness (QED) is 0.709. The number of unbranched alkanes of at least 4 members (excludes halogenated alkanes) is 4. The Morgan fingerprint density at radius 3 is 2.57 bits per heavy atom. The molecule has 0 bridgehead atoms. The zero-order valence-corrected chi connectivity index (χ0v) is 9.29. The molecule has 1 rings (SSSR count). The summed E-state index contributed by atoms with van der Waals surface area (Å²) < 4.78 is 2.00. The monoisotopic (exact) mass is 195 g/mol. The van der Waals surface area contributed by atoms with Crippen LogP contribution in [0.4, 0.5) is 5.82 Å². The van der Waals surface area contributed by atoms with E-state index in [0.717, 1.165) is 12.2 Å². The molecule has 0 aliphatic heterocycles. The summed E-state index contributed by atoms with van der Waals surface area (Å²) in [6.45, 7) is 5.29. The van der Waals surface area contributed by atoms with Crippen molar-refractivity contribution in [3.63, 3.8) is 0 Å². The number of nitrogen functional groups attached to an aromatic ring is 1. The van der Waals surface area contributed by atoms with E-state index in [9.17, 15) is 0 Å². The second kappa shape index (κ2) is 5.68. The Balaban J connectivity index is 2.21. The van der Waals surface area contributed by atoms with Crippen LogP contribution in [0, 0.1) is 6.92 Å².